The van der Waals surface area contributed by atoms with Gasteiger partial charge in [0.25, 0.3) is 5.91 Å². The molecular formula is C23H28ClN3O4S2. The Morgan fingerprint density at radius 3 is 2.58 bits per heavy atom. The summed E-state index contributed by atoms with van der Waals surface area (Å²) in [6, 6.07) is 10.8. The van der Waals surface area contributed by atoms with E-state index in [0.717, 1.165) is 28.9 Å². The smallest absolute Gasteiger partial charge is 0.260 e. The van der Waals surface area contributed by atoms with E-state index in [-0.39, 0.29) is 23.2 Å². The van der Waals surface area contributed by atoms with Crippen LogP contribution in [0.5, 0.6) is 0 Å². The van der Waals surface area contributed by atoms with Gasteiger partial charge in [0.1, 0.15) is 0 Å². The van der Waals surface area contributed by atoms with Crippen molar-refractivity contribution in [3.8, 4) is 0 Å². The van der Waals surface area contributed by atoms with Gasteiger partial charge in [-0.2, -0.15) is 0 Å². The quantitative estimate of drug-likeness (QED) is 0.504. The molecule has 178 valence electrons. The molecule has 0 atom stereocenters. The molecule has 1 aliphatic rings. The van der Waals surface area contributed by atoms with Crippen molar-refractivity contribution in [2.75, 3.05) is 50.5 Å². The van der Waals surface area contributed by atoms with Crippen LogP contribution in [0.4, 0.5) is 5.13 Å². The minimum absolute atomic E-state index is 0. The summed E-state index contributed by atoms with van der Waals surface area (Å²) >= 11 is 1.34. The third-order valence-electron chi connectivity index (χ3n) is 5.62. The Morgan fingerprint density at radius 1 is 1.15 bits per heavy atom. The maximum atomic E-state index is 13.6. The Labute approximate surface area is 204 Å². The average Bonchev–Trinajstić information content (AvgIpc) is 3.18. The van der Waals surface area contributed by atoms with Crippen molar-refractivity contribution < 1.29 is 17.9 Å². The third-order valence-corrected chi connectivity index (χ3v) is 7.77. The van der Waals surface area contributed by atoms with Crippen LogP contribution in [0.25, 0.3) is 10.2 Å². The number of hydrogen-bond acceptors (Lipinski definition) is 7. The molecule has 1 aromatic heterocycles. The number of sulfone groups is 1. The van der Waals surface area contributed by atoms with Crippen LogP contribution in [0.2, 0.25) is 0 Å². The molecule has 0 aliphatic carbocycles. The van der Waals surface area contributed by atoms with Gasteiger partial charge in [-0.05, 0) is 43.7 Å². The summed E-state index contributed by atoms with van der Waals surface area (Å²) < 4.78 is 30.1. The van der Waals surface area contributed by atoms with Crippen LogP contribution in [0, 0.1) is 13.8 Å². The Hall–Kier alpha value is -2.04. The second kappa shape index (κ2) is 10.5. The number of ether oxygens (including phenoxy) is 1. The van der Waals surface area contributed by atoms with Gasteiger partial charge in [-0.15, -0.1) is 12.4 Å². The normalized spacial score (nSPS) is 14.8. The molecule has 2 aromatic carbocycles. The molecule has 7 nitrogen and oxygen atoms in total. The number of carbonyl (C=O) groups excluding carboxylic acids is 1. The zero-order chi connectivity index (χ0) is 22.9. The van der Waals surface area contributed by atoms with Crippen LogP contribution < -0.4 is 4.90 Å². The molecule has 33 heavy (non-hydrogen) atoms. The number of aromatic nitrogens is 1. The number of hydrogen-bond donors (Lipinski definition) is 0. The maximum absolute atomic E-state index is 13.6. The zero-order valence-electron chi connectivity index (χ0n) is 18.9. The van der Waals surface area contributed by atoms with E-state index in [2.05, 4.69) is 9.88 Å². The molecule has 0 spiro atoms. The van der Waals surface area contributed by atoms with Gasteiger partial charge in [-0.25, -0.2) is 13.4 Å². The molecular weight excluding hydrogens is 482 g/mol. The molecule has 0 N–H and O–H groups in total. The van der Waals surface area contributed by atoms with Crippen molar-refractivity contribution in [1.29, 1.82) is 0 Å². The molecule has 2 heterocycles. The van der Waals surface area contributed by atoms with Crippen LogP contribution in [0.3, 0.4) is 0 Å². The van der Waals surface area contributed by atoms with Crippen molar-refractivity contribution in [3.63, 3.8) is 0 Å². The summed E-state index contributed by atoms with van der Waals surface area (Å²) in [5.41, 5.74) is 3.28. The van der Waals surface area contributed by atoms with Crippen LogP contribution in [0.15, 0.2) is 41.3 Å². The highest BCUT2D eigenvalue weighted by molar-refractivity contribution is 7.90. The van der Waals surface area contributed by atoms with E-state index in [9.17, 15) is 13.2 Å². The lowest BCUT2D eigenvalue weighted by atomic mass is 10.0. The first-order valence-electron chi connectivity index (χ1n) is 10.5. The van der Waals surface area contributed by atoms with E-state index in [1.165, 1.54) is 17.6 Å². The highest BCUT2D eigenvalue weighted by Crippen LogP contribution is 2.32. The fourth-order valence-corrected chi connectivity index (χ4v) is 5.45. The lowest BCUT2D eigenvalue weighted by Gasteiger charge is -2.29. The van der Waals surface area contributed by atoms with Gasteiger partial charge in [0.15, 0.2) is 15.0 Å². The van der Waals surface area contributed by atoms with E-state index in [0.29, 0.717) is 42.5 Å². The summed E-state index contributed by atoms with van der Waals surface area (Å²) in [6.45, 7) is 8.17. The molecule has 0 radical (unpaired) electrons. The van der Waals surface area contributed by atoms with E-state index >= 15 is 0 Å². The van der Waals surface area contributed by atoms with Crippen molar-refractivity contribution >= 4 is 54.8 Å². The lowest BCUT2D eigenvalue weighted by molar-refractivity contribution is 0.0391. The van der Waals surface area contributed by atoms with Gasteiger partial charge in [0, 0.05) is 38.0 Å². The second-order valence-electron chi connectivity index (χ2n) is 8.13. The summed E-state index contributed by atoms with van der Waals surface area (Å²) in [5, 5.41) is 0.574. The Balaban J connectivity index is 0.00000306. The Kier molecular flexibility index (Phi) is 8.13. The zero-order valence-corrected chi connectivity index (χ0v) is 21.4. The number of carbonyl (C=O) groups is 1. The molecule has 3 aromatic rings. The number of amides is 1. The van der Waals surface area contributed by atoms with Crippen LogP contribution in [-0.2, 0) is 14.6 Å². The largest absolute Gasteiger partial charge is 0.379 e. The van der Waals surface area contributed by atoms with Gasteiger partial charge in [-0.3, -0.25) is 14.6 Å². The minimum atomic E-state index is -3.32. The molecule has 0 bridgehead atoms. The van der Waals surface area contributed by atoms with E-state index in [4.69, 9.17) is 4.74 Å². The fourth-order valence-electron chi connectivity index (χ4n) is 3.70. The summed E-state index contributed by atoms with van der Waals surface area (Å²) in [4.78, 5) is 22.6. The topological polar surface area (TPSA) is 79.8 Å². The predicted octanol–water partition coefficient (Wildman–Crippen LogP) is 3.72. The van der Waals surface area contributed by atoms with Gasteiger partial charge in [0.05, 0.1) is 28.3 Å². The number of fused-ring (bicyclic) bond motifs is 1. The Bertz CT molecular complexity index is 1250. The summed E-state index contributed by atoms with van der Waals surface area (Å²) in [5.74, 6) is -0.0955. The number of anilines is 1. The van der Waals surface area contributed by atoms with E-state index < -0.39 is 9.84 Å². The number of benzene rings is 2. The first-order valence-corrected chi connectivity index (χ1v) is 13.2. The van der Waals surface area contributed by atoms with Crippen LogP contribution in [0.1, 0.15) is 21.5 Å². The minimum Gasteiger partial charge on any atom is -0.379 e. The monoisotopic (exact) mass is 509 g/mol. The third kappa shape index (κ3) is 5.91. The molecule has 1 fully saturated rings. The van der Waals surface area contributed by atoms with Crippen LogP contribution >= 0.6 is 23.7 Å². The van der Waals surface area contributed by atoms with E-state index in [1.807, 2.05) is 32.0 Å². The number of halogens is 1. The first kappa shape index (κ1) is 25.6. The second-order valence-corrected chi connectivity index (χ2v) is 11.2. The van der Waals surface area contributed by atoms with Crippen molar-refractivity contribution in [3.05, 3.63) is 53.1 Å². The lowest BCUT2D eigenvalue weighted by Crippen LogP contribution is -2.43. The van der Waals surface area contributed by atoms with Gasteiger partial charge in [-0.1, -0.05) is 29.0 Å². The van der Waals surface area contributed by atoms with Crippen molar-refractivity contribution in [1.82, 2.24) is 9.88 Å². The highest BCUT2D eigenvalue weighted by Gasteiger charge is 2.24. The number of aryl methyl sites for hydroxylation is 2. The fraction of sp³-hybridized carbons (Fsp3) is 0.391. The first-order chi connectivity index (χ1) is 15.2. The Morgan fingerprint density at radius 2 is 1.88 bits per heavy atom. The van der Waals surface area contributed by atoms with Crippen molar-refractivity contribution in [2.45, 2.75) is 18.7 Å². The molecule has 10 heteroatoms. The summed E-state index contributed by atoms with van der Waals surface area (Å²) in [6.07, 6.45) is 1.19. The predicted molar refractivity (Wildman–Crippen MR) is 135 cm³/mol. The number of morpholine rings is 1. The molecule has 1 saturated heterocycles. The van der Waals surface area contributed by atoms with Gasteiger partial charge in [0.2, 0.25) is 0 Å². The SMILES string of the molecule is Cc1ccc(C)c(C(=O)N(CCN2CCOCC2)c2nc3ccc(S(C)(=O)=O)cc3s2)c1.Cl. The number of nitrogens with zero attached hydrogens (tertiary/aromatic N) is 3. The molecule has 0 saturated carbocycles. The molecule has 0 unspecified atom stereocenters. The maximum Gasteiger partial charge on any atom is 0.260 e. The number of rotatable bonds is 6. The van der Waals surface area contributed by atoms with E-state index in [1.54, 1.807) is 23.1 Å². The van der Waals surface area contributed by atoms with Crippen LogP contribution in [-0.4, -0.2) is 69.9 Å². The van der Waals surface area contributed by atoms with Gasteiger partial charge < -0.3 is 4.74 Å². The standard InChI is InChI=1S/C23H27N3O4S2.ClH/c1-16-4-5-17(2)19(14-16)22(27)26(9-8-25-10-12-30-13-11-25)23-24-20-7-6-18(32(3,28)29)15-21(20)31-23;/h4-7,14-15H,8-13H2,1-3H3;1H. The summed E-state index contributed by atoms with van der Waals surface area (Å²) in [7, 11) is -3.32. The molecule has 1 amide bonds. The molecule has 1 aliphatic heterocycles. The number of thiazole rings is 1. The highest BCUT2D eigenvalue weighted by atomic mass is 35.5. The van der Waals surface area contributed by atoms with Crippen molar-refractivity contribution in [2.24, 2.45) is 0 Å². The van der Waals surface area contributed by atoms with Gasteiger partial charge >= 0.3 is 0 Å². The molecule has 4 rings (SSSR count). The average molecular weight is 510 g/mol.